The van der Waals surface area contributed by atoms with Gasteiger partial charge in [-0.25, -0.2) is 4.79 Å². The summed E-state index contributed by atoms with van der Waals surface area (Å²) in [5, 5.41) is 6.39. The lowest BCUT2D eigenvalue weighted by Gasteiger charge is -2.37. The highest BCUT2D eigenvalue weighted by Gasteiger charge is 2.32. The quantitative estimate of drug-likeness (QED) is 0.720. The second-order valence-corrected chi connectivity index (χ2v) is 5.73. The van der Waals surface area contributed by atoms with Crippen LogP contribution in [0.4, 0.5) is 4.79 Å². The zero-order valence-corrected chi connectivity index (χ0v) is 10.1. The molecule has 2 N–H and O–H groups in total. The van der Waals surface area contributed by atoms with Crippen molar-refractivity contribution in [2.75, 3.05) is 25.4 Å². The minimum Gasteiger partial charge on any atom is -0.317 e. The Labute approximate surface area is 99.8 Å². The minimum atomic E-state index is 0.119. The third-order valence-corrected chi connectivity index (χ3v) is 4.68. The summed E-state index contributed by atoms with van der Waals surface area (Å²) in [6, 6.07) is 0.546. The van der Waals surface area contributed by atoms with Crippen LogP contribution in [0.1, 0.15) is 19.3 Å². The van der Waals surface area contributed by atoms with Gasteiger partial charge in [0.25, 0.3) is 0 Å². The molecule has 3 aliphatic rings. The zero-order valence-electron chi connectivity index (χ0n) is 9.29. The molecule has 0 saturated carbocycles. The third kappa shape index (κ3) is 1.82. The van der Waals surface area contributed by atoms with Gasteiger partial charge in [0.15, 0.2) is 0 Å². The Hall–Kier alpha value is -0.680. The number of hydrogen-bond donors (Lipinski definition) is 2. The molecule has 0 unspecified atom stereocenters. The summed E-state index contributed by atoms with van der Waals surface area (Å²) in [5.74, 6) is 1.13. The molecule has 1 fully saturated rings. The molecule has 0 aromatic carbocycles. The first-order valence-corrected chi connectivity index (χ1v) is 6.96. The van der Waals surface area contributed by atoms with Gasteiger partial charge >= 0.3 is 6.03 Å². The van der Waals surface area contributed by atoms with Gasteiger partial charge in [-0.1, -0.05) is 0 Å². The van der Waals surface area contributed by atoms with Gasteiger partial charge < -0.3 is 15.5 Å². The second-order valence-electron chi connectivity index (χ2n) is 4.54. The third-order valence-electron chi connectivity index (χ3n) is 3.55. The molecule has 0 aromatic rings. The van der Waals surface area contributed by atoms with Gasteiger partial charge in [-0.3, -0.25) is 0 Å². The summed E-state index contributed by atoms with van der Waals surface area (Å²) < 4.78 is 0. The number of amides is 2. The number of piperidine rings is 1. The van der Waals surface area contributed by atoms with Crippen LogP contribution in [-0.4, -0.2) is 42.4 Å². The van der Waals surface area contributed by atoms with Gasteiger partial charge in [0, 0.05) is 22.4 Å². The SMILES string of the molecule is O=C1NC2=C(CN1C1CCNCC1)SCC2. The van der Waals surface area contributed by atoms with Crippen molar-refractivity contribution >= 4 is 17.8 Å². The van der Waals surface area contributed by atoms with E-state index in [1.807, 2.05) is 16.7 Å². The highest BCUT2D eigenvalue weighted by molar-refractivity contribution is 8.03. The average Bonchev–Trinajstić information content (AvgIpc) is 2.76. The number of nitrogens with one attached hydrogen (secondary N) is 2. The molecular formula is C11H17N3OS. The van der Waals surface area contributed by atoms with Gasteiger partial charge in [0.05, 0.1) is 6.54 Å². The van der Waals surface area contributed by atoms with Crippen LogP contribution in [-0.2, 0) is 0 Å². The van der Waals surface area contributed by atoms with Crippen LogP contribution in [0.3, 0.4) is 0 Å². The molecule has 88 valence electrons. The van der Waals surface area contributed by atoms with E-state index in [-0.39, 0.29) is 6.03 Å². The van der Waals surface area contributed by atoms with E-state index in [2.05, 4.69) is 10.6 Å². The lowest BCUT2D eigenvalue weighted by molar-refractivity contribution is 0.165. The number of carbonyl (C=O) groups is 1. The van der Waals surface area contributed by atoms with Crippen molar-refractivity contribution in [1.29, 1.82) is 0 Å². The molecule has 0 spiro atoms. The van der Waals surface area contributed by atoms with Crippen molar-refractivity contribution in [3.8, 4) is 0 Å². The zero-order chi connectivity index (χ0) is 11.0. The number of carbonyl (C=O) groups excluding carboxylic acids is 1. The van der Waals surface area contributed by atoms with Crippen molar-refractivity contribution in [2.24, 2.45) is 0 Å². The average molecular weight is 239 g/mol. The maximum atomic E-state index is 12.0. The monoisotopic (exact) mass is 239 g/mol. The van der Waals surface area contributed by atoms with Gasteiger partial charge in [0.2, 0.25) is 0 Å². The van der Waals surface area contributed by atoms with E-state index in [1.165, 1.54) is 10.6 Å². The Bertz CT molecular complexity index is 336. The van der Waals surface area contributed by atoms with Gasteiger partial charge in [-0.2, -0.15) is 0 Å². The van der Waals surface area contributed by atoms with Crippen LogP contribution in [0.2, 0.25) is 0 Å². The topological polar surface area (TPSA) is 44.4 Å². The molecule has 0 bridgehead atoms. The summed E-state index contributed by atoms with van der Waals surface area (Å²) in [5.41, 5.74) is 1.18. The molecule has 0 aliphatic carbocycles. The number of rotatable bonds is 1. The van der Waals surface area contributed by atoms with Crippen molar-refractivity contribution in [2.45, 2.75) is 25.3 Å². The number of urea groups is 1. The highest BCUT2D eigenvalue weighted by Crippen LogP contribution is 2.34. The van der Waals surface area contributed by atoms with E-state index in [9.17, 15) is 4.79 Å². The van der Waals surface area contributed by atoms with Crippen LogP contribution >= 0.6 is 11.8 Å². The second kappa shape index (κ2) is 4.30. The van der Waals surface area contributed by atoms with Crippen molar-refractivity contribution < 1.29 is 4.79 Å². The van der Waals surface area contributed by atoms with E-state index in [4.69, 9.17) is 0 Å². The van der Waals surface area contributed by atoms with Gasteiger partial charge in [-0.15, -0.1) is 11.8 Å². The predicted octanol–water partition coefficient (Wildman–Crippen LogP) is 1.11. The fourth-order valence-electron chi connectivity index (χ4n) is 2.62. The fourth-order valence-corrected chi connectivity index (χ4v) is 3.73. The minimum absolute atomic E-state index is 0.119. The molecule has 0 atom stereocenters. The lowest BCUT2D eigenvalue weighted by atomic mass is 10.0. The van der Waals surface area contributed by atoms with E-state index in [0.717, 1.165) is 44.6 Å². The largest absolute Gasteiger partial charge is 0.322 e. The molecule has 5 heteroatoms. The van der Waals surface area contributed by atoms with Crippen LogP contribution in [0.5, 0.6) is 0 Å². The molecular weight excluding hydrogens is 222 g/mol. The van der Waals surface area contributed by atoms with E-state index in [0.29, 0.717) is 6.04 Å². The van der Waals surface area contributed by atoms with Crippen molar-refractivity contribution in [3.63, 3.8) is 0 Å². The summed E-state index contributed by atoms with van der Waals surface area (Å²) in [6.45, 7) is 2.91. The fraction of sp³-hybridized carbons (Fsp3) is 0.727. The summed E-state index contributed by atoms with van der Waals surface area (Å²) >= 11 is 1.90. The Morgan fingerprint density at radius 1 is 1.31 bits per heavy atom. The van der Waals surface area contributed by atoms with E-state index in [1.54, 1.807) is 0 Å². The normalized spacial score (nSPS) is 27.0. The van der Waals surface area contributed by atoms with Crippen LogP contribution in [0.15, 0.2) is 10.6 Å². The summed E-state index contributed by atoms with van der Waals surface area (Å²) in [6.07, 6.45) is 3.20. The van der Waals surface area contributed by atoms with Crippen LogP contribution in [0, 0.1) is 0 Å². The molecule has 3 rings (SSSR count). The van der Waals surface area contributed by atoms with Crippen molar-refractivity contribution in [3.05, 3.63) is 10.6 Å². The maximum absolute atomic E-state index is 12.0. The number of allylic oxidation sites excluding steroid dienone is 1. The Morgan fingerprint density at radius 2 is 2.12 bits per heavy atom. The number of nitrogens with zero attached hydrogens (tertiary/aromatic N) is 1. The van der Waals surface area contributed by atoms with E-state index >= 15 is 0 Å². The van der Waals surface area contributed by atoms with Gasteiger partial charge in [0.1, 0.15) is 0 Å². The summed E-state index contributed by atoms with van der Waals surface area (Å²) in [7, 11) is 0. The predicted molar refractivity (Wildman–Crippen MR) is 65.2 cm³/mol. The van der Waals surface area contributed by atoms with Gasteiger partial charge in [-0.05, 0) is 32.4 Å². The first kappa shape index (κ1) is 10.5. The van der Waals surface area contributed by atoms with Crippen molar-refractivity contribution in [1.82, 2.24) is 15.5 Å². The standard InChI is InChI=1S/C11H17N3OS/c15-11-13-9-3-6-16-10(9)7-14(11)8-1-4-12-5-2-8/h8,12H,1-7H2,(H,13,15). The Morgan fingerprint density at radius 3 is 2.94 bits per heavy atom. The molecule has 3 aliphatic heterocycles. The van der Waals surface area contributed by atoms with E-state index < -0.39 is 0 Å². The Balaban J connectivity index is 1.73. The smallest absolute Gasteiger partial charge is 0.317 e. The first-order valence-electron chi connectivity index (χ1n) is 5.98. The molecule has 1 saturated heterocycles. The number of hydrogen-bond acceptors (Lipinski definition) is 3. The summed E-state index contributed by atoms with van der Waals surface area (Å²) in [4.78, 5) is 15.4. The van der Waals surface area contributed by atoms with Crippen LogP contribution < -0.4 is 10.6 Å². The molecule has 3 heterocycles. The molecule has 4 nitrogen and oxygen atoms in total. The molecule has 0 radical (unpaired) electrons. The van der Waals surface area contributed by atoms with Crippen LogP contribution in [0.25, 0.3) is 0 Å². The molecule has 16 heavy (non-hydrogen) atoms. The maximum Gasteiger partial charge on any atom is 0.322 e. The highest BCUT2D eigenvalue weighted by atomic mass is 32.2. The Kier molecular flexibility index (Phi) is 2.81. The molecule has 0 aromatic heterocycles. The first-order chi connectivity index (χ1) is 7.84. The lowest BCUT2D eigenvalue weighted by Crippen LogP contribution is -2.52. The molecule has 2 amide bonds. The number of thioether (sulfide) groups is 1.